The van der Waals surface area contributed by atoms with Crippen LogP contribution in [0.15, 0.2) is 35.5 Å². The molecular weight excluding hydrogens is 258 g/mol. The van der Waals surface area contributed by atoms with Crippen molar-refractivity contribution < 1.29 is 0 Å². The topological polar surface area (TPSA) is 69.6 Å². The van der Waals surface area contributed by atoms with E-state index in [-0.39, 0.29) is 11.3 Å². The third kappa shape index (κ3) is 2.79. The number of nitrogens with two attached hydrogens (primary N) is 1. The van der Waals surface area contributed by atoms with Crippen molar-refractivity contribution in [3.8, 4) is 0 Å². The van der Waals surface area contributed by atoms with Gasteiger partial charge in [-0.05, 0) is 35.8 Å². The Morgan fingerprint density at radius 3 is 2.68 bits per heavy atom. The standard InChI is InChI=1S/C13H17N5S/c1-9(14)12(10-5-3-2-4-6-10)19-13-15-16-17-18(13)11-7-8-11/h2-6,9,11-12H,7-8,14H2,1H3. The average Bonchev–Trinajstić information content (AvgIpc) is 3.16. The summed E-state index contributed by atoms with van der Waals surface area (Å²) in [7, 11) is 0. The van der Waals surface area contributed by atoms with Gasteiger partial charge in [-0.25, -0.2) is 4.68 Å². The molecule has 100 valence electrons. The smallest absolute Gasteiger partial charge is 0.210 e. The molecule has 0 bridgehead atoms. The second kappa shape index (κ2) is 5.30. The third-order valence-corrected chi connectivity index (χ3v) is 4.63. The van der Waals surface area contributed by atoms with Gasteiger partial charge in [0.15, 0.2) is 0 Å². The molecule has 2 aromatic rings. The molecule has 1 saturated carbocycles. The molecule has 1 aromatic heterocycles. The molecule has 1 fully saturated rings. The van der Waals surface area contributed by atoms with Crippen LogP contribution < -0.4 is 5.73 Å². The Bertz CT molecular complexity index is 535. The lowest BCUT2D eigenvalue weighted by molar-refractivity contribution is 0.563. The Labute approximate surface area is 116 Å². The summed E-state index contributed by atoms with van der Waals surface area (Å²) in [6.07, 6.45) is 2.35. The lowest BCUT2D eigenvalue weighted by atomic mass is 10.1. The van der Waals surface area contributed by atoms with Crippen LogP contribution in [-0.4, -0.2) is 26.2 Å². The van der Waals surface area contributed by atoms with Crippen LogP contribution in [0.3, 0.4) is 0 Å². The quantitative estimate of drug-likeness (QED) is 0.847. The van der Waals surface area contributed by atoms with Crippen LogP contribution in [0.2, 0.25) is 0 Å². The zero-order valence-electron chi connectivity index (χ0n) is 10.8. The van der Waals surface area contributed by atoms with Gasteiger partial charge in [-0.15, -0.1) is 5.10 Å². The maximum absolute atomic E-state index is 6.13. The molecule has 0 saturated heterocycles. The van der Waals surface area contributed by atoms with E-state index < -0.39 is 0 Å². The summed E-state index contributed by atoms with van der Waals surface area (Å²) in [5, 5.41) is 13.0. The zero-order valence-corrected chi connectivity index (χ0v) is 11.6. The molecule has 5 nitrogen and oxygen atoms in total. The van der Waals surface area contributed by atoms with Gasteiger partial charge < -0.3 is 5.73 Å². The van der Waals surface area contributed by atoms with Crippen molar-refractivity contribution in [2.75, 3.05) is 0 Å². The molecule has 19 heavy (non-hydrogen) atoms. The highest BCUT2D eigenvalue weighted by Crippen LogP contribution is 2.41. The molecule has 2 unspecified atom stereocenters. The minimum Gasteiger partial charge on any atom is -0.327 e. The molecule has 1 aromatic carbocycles. The molecule has 0 radical (unpaired) electrons. The summed E-state index contributed by atoms with van der Waals surface area (Å²) in [4.78, 5) is 0. The highest BCUT2D eigenvalue weighted by Gasteiger charge is 2.30. The summed E-state index contributed by atoms with van der Waals surface area (Å²) in [5.41, 5.74) is 7.34. The molecule has 2 atom stereocenters. The molecule has 1 heterocycles. The van der Waals surface area contributed by atoms with Gasteiger partial charge in [-0.1, -0.05) is 42.1 Å². The summed E-state index contributed by atoms with van der Waals surface area (Å²) in [6.45, 7) is 2.02. The van der Waals surface area contributed by atoms with E-state index in [2.05, 4.69) is 27.7 Å². The minimum atomic E-state index is 0.0387. The van der Waals surface area contributed by atoms with E-state index in [0.29, 0.717) is 6.04 Å². The van der Waals surface area contributed by atoms with Crippen molar-refractivity contribution in [2.24, 2.45) is 5.73 Å². The summed E-state index contributed by atoms with van der Waals surface area (Å²) >= 11 is 1.65. The highest BCUT2D eigenvalue weighted by atomic mass is 32.2. The Balaban J connectivity index is 1.83. The molecule has 2 N–H and O–H groups in total. The van der Waals surface area contributed by atoms with E-state index in [1.54, 1.807) is 11.8 Å². The maximum atomic E-state index is 6.13. The molecule has 3 rings (SSSR count). The molecule has 0 amide bonds. The number of aromatic nitrogens is 4. The van der Waals surface area contributed by atoms with Crippen molar-refractivity contribution in [2.45, 2.75) is 42.3 Å². The lowest BCUT2D eigenvalue weighted by Crippen LogP contribution is -2.23. The Morgan fingerprint density at radius 1 is 1.32 bits per heavy atom. The summed E-state index contributed by atoms with van der Waals surface area (Å²) < 4.78 is 1.93. The summed E-state index contributed by atoms with van der Waals surface area (Å²) in [5.74, 6) is 0. The van der Waals surface area contributed by atoms with Gasteiger partial charge in [-0.2, -0.15) is 0 Å². The number of rotatable bonds is 5. The van der Waals surface area contributed by atoms with Crippen LogP contribution in [0.4, 0.5) is 0 Å². The maximum Gasteiger partial charge on any atom is 0.210 e. The fourth-order valence-electron chi connectivity index (χ4n) is 2.05. The zero-order chi connectivity index (χ0) is 13.2. The average molecular weight is 275 g/mol. The van der Waals surface area contributed by atoms with E-state index in [9.17, 15) is 0 Å². The van der Waals surface area contributed by atoms with Gasteiger partial charge in [0, 0.05) is 6.04 Å². The summed E-state index contributed by atoms with van der Waals surface area (Å²) in [6, 6.07) is 10.8. The fraction of sp³-hybridized carbons (Fsp3) is 0.462. The van der Waals surface area contributed by atoms with Crippen LogP contribution in [0.1, 0.15) is 36.6 Å². The lowest BCUT2D eigenvalue weighted by Gasteiger charge is -2.19. The van der Waals surface area contributed by atoms with Gasteiger partial charge in [-0.3, -0.25) is 0 Å². The molecule has 0 spiro atoms. The molecule has 1 aliphatic carbocycles. The SMILES string of the molecule is CC(N)C(Sc1nnnn1C1CC1)c1ccccc1. The van der Waals surface area contributed by atoms with Gasteiger partial charge in [0.05, 0.1) is 11.3 Å². The predicted octanol–water partition coefficient (Wildman–Crippen LogP) is 2.19. The van der Waals surface area contributed by atoms with Crippen molar-refractivity contribution in [1.29, 1.82) is 0 Å². The number of benzene rings is 1. The Morgan fingerprint density at radius 2 is 2.05 bits per heavy atom. The first kappa shape index (κ1) is 12.6. The molecular formula is C13H17N5S. The van der Waals surface area contributed by atoms with E-state index >= 15 is 0 Å². The van der Waals surface area contributed by atoms with E-state index in [4.69, 9.17) is 5.73 Å². The van der Waals surface area contributed by atoms with Crippen molar-refractivity contribution >= 4 is 11.8 Å². The van der Waals surface area contributed by atoms with Crippen LogP contribution in [0.25, 0.3) is 0 Å². The van der Waals surface area contributed by atoms with Crippen LogP contribution in [0, 0.1) is 0 Å². The Hall–Kier alpha value is -1.40. The number of nitrogens with zero attached hydrogens (tertiary/aromatic N) is 4. The van der Waals surface area contributed by atoms with Gasteiger partial charge in [0.25, 0.3) is 0 Å². The van der Waals surface area contributed by atoms with E-state index in [0.717, 1.165) is 5.16 Å². The van der Waals surface area contributed by atoms with E-state index in [1.165, 1.54) is 18.4 Å². The van der Waals surface area contributed by atoms with Crippen molar-refractivity contribution in [1.82, 2.24) is 20.2 Å². The first-order valence-corrected chi connectivity index (χ1v) is 7.38. The second-order valence-corrected chi connectivity index (χ2v) is 6.05. The van der Waals surface area contributed by atoms with Crippen LogP contribution >= 0.6 is 11.8 Å². The fourth-order valence-corrected chi connectivity index (χ4v) is 3.16. The van der Waals surface area contributed by atoms with Crippen LogP contribution in [-0.2, 0) is 0 Å². The number of thioether (sulfide) groups is 1. The predicted molar refractivity (Wildman–Crippen MR) is 74.8 cm³/mol. The highest BCUT2D eigenvalue weighted by molar-refractivity contribution is 7.99. The minimum absolute atomic E-state index is 0.0387. The third-order valence-electron chi connectivity index (χ3n) is 3.19. The second-order valence-electron chi connectivity index (χ2n) is 4.95. The van der Waals surface area contributed by atoms with Gasteiger partial charge in [0.1, 0.15) is 0 Å². The van der Waals surface area contributed by atoms with Crippen LogP contribution in [0.5, 0.6) is 0 Å². The monoisotopic (exact) mass is 275 g/mol. The first-order chi connectivity index (χ1) is 9.25. The van der Waals surface area contributed by atoms with Crippen molar-refractivity contribution in [3.05, 3.63) is 35.9 Å². The van der Waals surface area contributed by atoms with Crippen molar-refractivity contribution in [3.63, 3.8) is 0 Å². The molecule has 6 heteroatoms. The number of hydrogen-bond acceptors (Lipinski definition) is 5. The van der Waals surface area contributed by atoms with E-state index in [1.807, 2.05) is 29.8 Å². The Kier molecular flexibility index (Phi) is 3.52. The molecule has 1 aliphatic rings. The van der Waals surface area contributed by atoms with Gasteiger partial charge >= 0.3 is 0 Å². The normalized spacial score (nSPS) is 18.2. The first-order valence-electron chi connectivity index (χ1n) is 6.51. The molecule has 0 aliphatic heterocycles. The number of hydrogen-bond donors (Lipinski definition) is 1. The largest absolute Gasteiger partial charge is 0.327 e. The van der Waals surface area contributed by atoms with Gasteiger partial charge in [0.2, 0.25) is 5.16 Å². The number of tetrazole rings is 1.